The molecule has 0 saturated heterocycles. The van der Waals surface area contributed by atoms with E-state index in [9.17, 15) is 9.59 Å². The van der Waals surface area contributed by atoms with Crippen molar-refractivity contribution in [1.82, 2.24) is 16.0 Å². The van der Waals surface area contributed by atoms with Crippen molar-refractivity contribution >= 4 is 47.6 Å². The molecule has 0 radical (unpaired) electrons. The first-order valence-electron chi connectivity index (χ1n) is 7.62. The topological polar surface area (TPSA) is 70.2 Å². The Morgan fingerprint density at radius 3 is 2.58 bits per heavy atom. The maximum absolute atomic E-state index is 12.3. The van der Waals surface area contributed by atoms with Crippen LogP contribution in [0.1, 0.15) is 23.7 Å². The zero-order valence-corrected chi connectivity index (χ0v) is 16.3. The second-order valence-electron chi connectivity index (χ2n) is 4.93. The van der Waals surface area contributed by atoms with Gasteiger partial charge >= 0.3 is 0 Å². The van der Waals surface area contributed by atoms with E-state index in [1.54, 1.807) is 36.0 Å². The highest BCUT2D eigenvalue weighted by Crippen LogP contribution is 2.15. The zero-order chi connectivity index (χ0) is 17.1. The van der Waals surface area contributed by atoms with Crippen LogP contribution in [0.3, 0.4) is 0 Å². The Morgan fingerprint density at radius 2 is 1.96 bits per heavy atom. The Kier molecular flexibility index (Phi) is 12.8. The van der Waals surface area contributed by atoms with Gasteiger partial charge in [0.25, 0.3) is 5.91 Å². The Bertz CT molecular complexity index is 518. The summed E-state index contributed by atoms with van der Waals surface area (Å²) in [6.45, 7) is 4.10. The van der Waals surface area contributed by atoms with Gasteiger partial charge in [-0.25, -0.2) is 0 Å². The summed E-state index contributed by atoms with van der Waals surface area (Å²) in [5, 5.41) is 9.13. The standard InChI is InChI=1S/C16H24ClN3O2S.ClH/c1-3-18-9-10-19-16(22)14(8-11-23-2)20-15(21)12-6-4-5-7-13(12)17;/h4-7,14,18H,3,8-11H2,1-2H3,(H,19,22)(H,20,21);1H. The lowest BCUT2D eigenvalue weighted by Gasteiger charge is -2.18. The SMILES string of the molecule is CCNCCNC(=O)C(CCSC)NC(=O)c1ccccc1Cl.Cl. The number of likely N-dealkylation sites (N-methyl/N-ethyl adjacent to an activating group) is 1. The van der Waals surface area contributed by atoms with Gasteiger partial charge in [-0.1, -0.05) is 30.7 Å². The van der Waals surface area contributed by atoms with Gasteiger partial charge in [0.2, 0.25) is 5.91 Å². The molecule has 1 aromatic carbocycles. The normalized spacial score (nSPS) is 11.3. The Morgan fingerprint density at radius 1 is 1.25 bits per heavy atom. The van der Waals surface area contributed by atoms with E-state index in [0.29, 0.717) is 30.1 Å². The number of carbonyl (C=O) groups is 2. The number of halogens is 2. The van der Waals surface area contributed by atoms with Crippen LogP contribution < -0.4 is 16.0 Å². The first-order chi connectivity index (χ1) is 11.1. The molecule has 136 valence electrons. The predicted octanol–water partition coefficient (Wildman–Crippen LogP) is 2.34. The van der Waals surface area contributed by atoms with E-state index in [0.717, 1.165) is 12.3 Å². The third-order valence-electron chi connectivity index (χ3n) is 3.20. The Balaban J connectivity index is 0.00000529. The second kappa shape index (κ2) is 13.4. The fraction of sp³-hybridized carbons (Fsp3) is 0.500. The molecule has 0 bridgehead atoms. The number of nitrogens with one attached hydrogen (secondary N) is 3. The van der Waals surface area contributed by atoms with Crippen LogP contribution >= 0.6 is 35.8 Å². The Hall–Kier alpha value is -0.950. The van der Waals surface area contributed by atoms with E-state index >= 15 is 0 Å². The molecule has 3 N–H and O–H groups in total. The molecule has 1 atom stereocenters. The molecule has 0 aliphatic heterocycles. The Labute approximate surface area is 159 Å². The lowest BCUT2D eigenvalue weighted by atomic mass is 10.1. The van der Waals surface area contributed by atoms with Crippen LogP contribution in [0.15, 0.2) is 24.3 Å². The summed E-state index contributed by atoms with van der Waals surface area (Å²) in [7, 11) is 0. The predicted molar refractivity (Wildman–Crippen MR) is 105 cm³/mol. The summed E-state index contributed by atoms with van der Waals surface area (Å²) in [4.78, 5) is 24.6. The molecule has 1 rings (SSSR count). The van der Waals surface area contributed by atoms with Gasteiger partial charge in [-0.15, -0.1) is 12.4 Å². The first-order valence-corrected chi connectivity index (χ1v) is 9.40. The molecule has 1 unspecified atom stereocenters. The van der Waals surface area contributed by atoms with Gasteiger partial charge in [-0.2, -0.15) is 11.8 Å². The monoisotopic (exact) mass is 393 g/mol. The largest absolute Gasteiger partial charge is 0.353 e. The van der Waals surface area contributed by atoms with Crippen LogP contribution in [0, 0.1) is 0 Å². The number of rotatable bonds is 10. The van der Waals surface area contributed by atoms with Crippen molar-refractivity contribution in [3.63, 3.8) is 0 Å². The average molecular weight is 394 g/mol. The molecule has 24 heavy (non-hydrogen) atoms. The summed E-state index contributed by atoms with van der Waals surface area (Å²) in [5.74, 6) is 0.287. The number of hydrogen-bond acceptors (Lipinski definition) is 4. The number of carbonyl (C=O) groups excluding carboxylic acids is 2. The molecule has 1 aromatic rings. The molecule has 0 aliphatic rings. The summed E-state index contributed by atoms with van der Waals surface area (Å²) < 4.78 is 0. The number of amides is 2. The van der Waals surface area contributed by atoms with Gasteiger partial charge in [0.05, 0.1) is 10.6 Å². The summed E-state index contributed by atoms with van der Waals surface area (Å²) in [6, 6.07) is 6.25. The molecule has 5 nitrogen and oxygen atoms in total. The van der Waals surface area contributed by atoms with Crippen LogP contribution in [-0.4, -0.2) is 49.5 Å². The highest BCUT2D eigenvalue weighted by atomic mass is 35.5. The van der Waals surface area contributed by atoms with Crippen LogP contribution in [0.2, 0.25) is 5.02 Å². The molecule has 8 heteroatoms. The summed E-state index contributed by atoms with van der Waals surface area (Å²) >= 11 is 7.67. The minimum absolute atomic E-state index is 0. The average Bonchev–Trinajstić information content (AvgIpc) is 2.55. The van der Waals surface area contributed by atoms with Crippen molar-refractivity contribution < 1.29 is 9.59 Å². The minimum atomic E-state index is -0.562. The molecule has 0 heterocycles. The van der Waals surface area contributed by atoms with Crippen molar-refractivity contribution in [3.05, 3.63) is 34.9 Å². The van der Waals surface area contributed by atoms with Gasteiger partial charge in [-0.3, -0.25) is 9.59 Å². The third-order valence-corrected chi connectivity index (χ3v) is 4.18. The number of thioether (sulfide) groups is 1. The fourth-order valence-electron chi connectivity index (χ4n) is 1.96. The summed E-state index contributed by atoms with van der Waals surface area (Å²) in [6.07, 6.45) is 2.54. The zero-order valence-electron chi connectivity index (χ0n) is 13.9. The smallest absolute Gasteiger partial charge is 0.253 e. The third kappa shape index (κ3) is 8.24. The van der Waals surface area contributed by atoms with E-state index in [4.69, 9.17) is 11.6 Å². The lowest BCUT2D eigenvalue weighted by Crippen LogP contribution is -2.48. The molecular formula is C16H25Cl2N3O2S. The quantitative estimate of drug-likeness (QED) is 0.533. The fourth-order valence-corrected chi connectivity index (χ4v) is 2.65. The molecule has 0 saturated carbocycles. The van der Waals surface area contributed by atoms with Crippen molar-refractivity contribution in [2.45, 2.75) is 19.4 Å². The van der Waals surface area contributed by atoms with Crippen LogP contribution in [0.25, 0.3) is 0 Å². The van der Waals surface area contributed by atoms with Gasteiger partial charge in [0.1, 0.15) is 6.04 Å². The van der Waals surface area contributed by atoms with Crippen LogP contribution in [0.5, 0.6) is 0 Å². The van der Waals surface area contributed by atoms with Gasteiger partial charge in [0, 0.05) is 13.1 Å². The van der Waals surface area contributed by atoms with E-state index < -0.39 is 6.04 Å². The van der Waals surface area contributed by atoms with Crippen LogP contribution in [-0.2, 0) is 4.79 Å². The van der Waals surface area contributed by atoms with Crippen LogP contribution in [0.4, 0.5) is 0 Å². The van der Waals surface area contributed by atoms with E-state index in [1.165, 1.54) is 0 Å². The van der Waals surface area contributed by atoms with Crippen molar-refractivity contribution in [1.29, 1.82) is 0 Å². The lowest BCUT2D eigenvalue weighted by molar-refractivity contribution is -0.122. The minimum Gasteiger partial charge on any atom is -0.353 e. The van der Waals surface area contributed by atoms with Gasteiger partial charge < -0.3 is 16.0 Å². The molecule has 2 amide bonds. The first kappa shape index (κ1) is 23.1. The molecular weight excluding hydrogens is 369 g/mol. The second-order valence-corrected chi connectivity index (χ2v) is 6.32. The van der Waals surface area contributed by atoms with Crippen molar-refractivity contribution in [2.24, 2.45) is 0 Å². The molecule has 0 aromatic heterocycles. The molecule has 0 aliphatic carbocycles. The van der Waals surface area contributed by atoms with Gasteiger partial charge in [0.15, 0.2) is 0 Å². The molecule has 0 fully saturated rings. The van der Waals surface area contributed by atoms with E-state index in [-0.39, 0.29) is 24.2 Å². The maximum atomic E-state index is 12.3. The highest BCUT2D eigenvalue weighted by molar-refractivity contribution is 7.98. The summed E-state index contributed by atoms with van der Waals surface area (Å²) in [5.41, 5.74) is 0.378. The highest BCUT2D eigenvalue weighted by Gasteiger charge is 2.21. The van der Waals surface area contributed by atoms with Crippen molar-refractivity contribution in [2.75, 3.05) is 31.6 Å². The maximum Gasteiger partial charge on any atom is 0.253 e. The number of benzene rings is 1. The van der Waals surface area contributed by atoms with E-state index in [1.807, 2.05) is 13.2 Å². The van der Waals surface area contributed by atoms with E-state index in [2.05, 4.69) is 16.0 Å². The van der Waals surface area contributed by atoms with Crippen molar-refractivity contribution in [3.8, 4) is 0 Å². The molecule has 0 spiro atoms. The van der Waals surface area contributed by atoms with Gasteiger partial charge in [-0.05, 0) is 37.1 Å². The number of hydrogen-bond donors (Lipinski definition) is 3.